The third-order valence-corrected chi connectivity index (χ3v) is 3.72. The second-order valence-corrected chi connectivity index (χ2v) is 5.68. The van der Waals surface area contributed by atoms with Gasteiger partial charge in [-0.25, -0.2) is 28.1 Å². The molecule has 150 valence electrons. The van der Waals surface area contributed by atoms with Gasteiger partial charge in [-0.15, -0.1) is 0 Å². The van der Waals surface area contributed by atoms with Crippen LogP contribution in [0.15, 0.2) is 65.6 Å². The minimum absolute atomic E-state index is 0.354. The van der Waals surface area contributed by atoms with Crippen LogP contribution in [0.1, 0.15) is 0 Å². The van der Waals surface area contributed by atoms with Crippen molar-refractivity contribution in [2.75, 3.05) is 0 Å². The molecule has 30 heavy (non-hydrogen) atoms. The molecule has 0 atom stereocenters. The van der Waals surface area contributed by atoms with Crippen molar-refractivity contribution >= 4 is 0 Å². The van der Waals surface area contributed by atoms with Gasteiger partial charge in [-0.05, 0) is 0 Å². The van der Waals surface area contributed by atoms with Crippen LogP contribution < -0.4 is 33.7 Å². The quantitative estimate of drug-likeness (QED) is 0.304. The van der Waals surface area contributed by atoms with Gasteiger partial charge in [0.05, 0.1) is 0 Å². The molecule has 0 amide bonds. The van der Waals surface area contributed by atoms with Crippen LogP contribution >= 0.6 is 0 Å². The molecule has 0 aromatic carbocycles. The van der Waals surface area contributed by atoms with Gasteiger partial charge >= 0.3 is 17.1 Å². The Morgan fingerprint density at radius 3 is 1.00 bits per heavy atom. The molecule has 0 bridgehead atoms. The summed E-state index contributed by atoms with van der Waals surface area (Å²) in [7, 11) is 0. The molecule has 0 aliphatic carbocycles. The third-order valence-electron chi connectivity index (χ3n) is 3.72. The number of hydrogen-bond acceptors (Lipinski definition) is 9. The first-order valence-corrected chi connectivity index (χ1v) is 8.05. The smallest absolute Gasteiger partial charge is 0.274 e. The fraction of sp³-hybridized carbons (Fsp3) is 0. The van der Waals surface area contributed by atoms with Gasteiger partial charge in [0, 0.05) is 36.8 Å². The van der Waals surface area contributed by atoms with E-state index in [2.05, 4.69) is 15.0 Å². The lowest BCUT2D eigenvalue weighted by molar-refractivity contribution is 0.734. The van der Waals surface area contributed by atoms with Crippen molar-refractivity contribution < 1.29 is 0 Å². The highest BCUT2D eigenvalue weighted by atomic mass is 16.2. The molecule has 4 aromatic rings. The summed E-state index contributed by atoms with van der Waals surface area (Å²) in [4.78, 5) is 88.4. The van der Waals surface area contributed by atoms with E-state index in [4.69, 9.17) is 0 Å². The van der Waals surface area contributed by atoms with E-state index < -0.39 is 33.7 Å². The SMILES string of the molecule is O=c1ccn(-c2nc(-n3ccc(=O)[nH]c3=O)nc(-n3ccc(=O)[nH]c3=O)n2)c(=O)[nH]1. The number of rotatable bonds is 3. The van der Waals surface area contributed by atoms with Crippen molar-refractivity contribution in [2.45, 2.75) is 0 Å². The Bertz CT molecular complexity index is 1430. The zero-order valence-electron chi connectivity index (χ0n) is 14.6. The first-order valence-electron chi connectivity index (χ1n) is 8.05. The molecule has 0 aliphatic rings. The Hall–Kier alpha value is -4.95. The minimum atomic E-state index is -0.895. The van der Waals surface area contributed by atoms with Gasteiger partial charge in [-0.2, -0.15) is 15.0 Å². The van der Waals surface area contributed by atoms with Crippen molar-refractivity contribution in [2.24, 2.45) is 0 Å². The number of hydrogen-bond donors (Lipinski definition) is 3. The van der Waals surface area contributed by atoms with Gasteiger partial charge in [0.1, 0.15) is 0 Å². The monoisotopic (exact) mass is 411 g/mol. The zero-order chi connectivity index (χ0) is 21.4. The molecule has 3 N–H and O–H groups in total. The number of aromatic nitrogens is 9. The first-order chi connectivity index (χ1) is 14.3. The highest BCUT2D eigenvalue weighted by Gasteiger charge is 2.15. The highest BCUT2D eigenvalue weighted by Crippen LogP contribution is 2.05. The number of aromatic amines is 3. The minimum Gasteiger partial charge on any atom is -0.274 e. The van der Waals surface area contributed by atoms with Crippen molar-refractivity contribution in [3.63, 3.8) is 0 Å². The van der Waals surface area contributed by atoms with Crippen molar-refractivity contribution in [3.05, 3.63) is 99.3 Å². The lowest BCUT2D eigenvalue weighted by atomic mass is 10.6. The fourth-order valence-corrected chi connectivity index (χ4v) is 2.39. The summed E-state index contributed by atoms with van der Waals surface area (Å²) in [6.07, 6.45) is 3.24. The summed E-state index contributed by atoms with van der Waals surface area (Å²) in [6.45, 7) is 0. The third kappa shape index (κ3) is 3.33. The molecule has 15 heteroatoms. The van der Waals surface area contributed by atoms with Gasteiger partial charge in [0.2, 0.25) is 17.8 Å². The number of H-pyrrole nitrogens is 3. The molecule has 0 spiro atoms. The standard InChI is InChI=1S/C15H9N9O6/c25-7-1-4-22(13(28)16-7)10-19-11(23-5-2-8(26)17-14(23)29)21-12(20-10)24-6-3-9(27)18-15(24)30/h1-6H,(H,16,25,28)(H,17,26,29)(H,18,27,30). The maximum Gasteiger partial charge on any atom is 0.335 e. The number of nitrogens with zero attached hydrogens (tertiary/aromatic N) is 6. The van der Waals surface area contributed by atoms with Gasteiger partial charge in [-0.1, -0.05) is 0 Å². The van der Waals surface area contributed by atoms with Gasteiger partial charge in [0.25, 0.3) is 16.7 Å². The second-order valence-electron chi connectivity index (χ2n) is 5.68. The Morgan fingerprint density at radius 1 is 0.500 bits per heavy atom. The Balaban J connectivity index is 2.06. The average molecular weight is 411 g/mol. The summed E-state index contributed by atoms with van der Waals surface area (Å²) in [5.74, 6) is -1.06. The fourth-order valence-electron chi connectivity index (χ4n) is 2.39. The van der Waals surface area contributed by atoms with E-state index in [-0.39, 0.29) is 17.8 Å². The van der Waals surface area contributed by atoms with Crippen molar-refractivity contribution in [1.82, 2.24) is 43.6 Å². The van der Waals surface area contributed by atoms with Crippen LogP contribution in [-0.2, 0) is 0 Å². The molecular formula is C15H9N9O6. The molecule has 0 fully saturated rings. The molecule has 0 saturated carbocycles. The zero-order valence-corrected chi connectivity index (χ0v) is 14.6. The van der Waals surface area contributed by atoms with Crippen LogP contribution in [0.5, 0.6) is 0 Å². The highest BCUT2D eigenvalue weighted by molar-refractivity contribution is 5.26. The lowest BCUT2D eigenvalue weighted by Crippen LogP contribution is -2.33. The molecule has 0 saturated heterocycles. The van der Waals surface area contributed by atoms with Crippen LogP contribution in [0, 0.1) is 0 Å². The van der Waals surface area contributed by atoms with Crippen LogP contribution in [0.3, 0.4) is 0 Å². The van der Waals surface area contributed by atoms with E-state index >= 15 is 0 Å². The molecular weight excluding hydrogens is 402 g/mol. The van der Waals surface area contributed by atoms with Crippen molar-refractivity contribution in [1.29, 1.82) is 0 Å². The molecule has 4 rings (SSSR count). The molecule has 0 unspecified atom stereocenters. The predicted octanol–water partition coefficient (Wildman–Crippen LogP) is -3.61. The Morgan fingerprint density at radius 2 is 0.767 bits per heavy atom. The van der Waals surface area contributed by atoms with Crippen LogP contribution in [0.2, 0.25) is 0 Å². The van der Waals surface area contributed by atoms with Crippen molar-refractivity contribution in [3.8, 4) is 17.8 Å². The maximum absolute atomic E-state index is 12.1. The molecule has 0 radical (unpaired) electrons. The topological polar surface area (TPSA) is 203 Å². The molecule has 4 aromatic heterocycles. The van der Waals surface area contributed by atoms with E-state index in [9.17, 15) is 28.8 Å². The van der Waals surface area contributed by atoms with Crippen LogP contribution in [0.25, 0.3) is 17.8 Å². The second kappa shape index (κ2) is 6.89. The summed E-state index contributed by atoms with van der Waals surface area (Å²) in [5, 5.41) is 0. The van der Waals surface area contributed by atoms with Gasteiger partial charge in [-0.3, -0.25) is 29.3 Å². The lowest BCUT2D eigenvalue weighted by Gasteiger charge is -2.10. The first kappa shape index (κ1) is 18.4. The summed E-state index contributed by atoms with van der Waals surface area (Å²) in [5.41, 5.74) is -4.69. The predicted molar refractivity (Wildman–Crippen MR) is 98.5 cm³/mol. The van der Waals surface area contributed by atoms with E-state index in [0.29, 0.717) is 0 Å². The normalized spacial score (nSPS) is 10.8. The molecule has 15 nitrogen and oxygen atoms in total. The number of nitrogens with one attached hydrogen (secondary N) is 3. The summed E-state index contributed by atoms with van der Waals surface area (Å²) < 4.78 is 2.51. The van der Waals surface area contributed by atoms with Crippen LogP contribution in [0.4, 0.5) is 0 Å². The van der Waals surface area contributed by atoms with E-state index in [0.717, 1.165) is 50.5 Å². The Kier molecular flexibility index (Phi) is 4.23. The summed E-state index contributed by atoms with van der Waals surface area (Å²) >= 11 is 0. The molecule has 4 heterocycles. The van der Waals surface area contributed by atoms with E-state index in [1.54, 1.807) is 0 Å². The van der Waals surface area contributed by atoms with Gasteiger partial charge in [0.15, 0.2) is 0 Å². The summed E-state index contributed by atoms with van der Waals surface area (Å²) in [6, 6.07) is 3.09. The average Bonchev–Trinajstić information content (AvgIpc) is 2.67. The largest absolute Gasteiger partial charge is 0.335 e. The van der Waals surface area contributed by atoms with E-state index in [1.165, 1.54) is 0 Å². The molecule has 0 aliphatic heterocycles. The Labute approximate surface area is 161 Å². The van der Waals surface area contributed by atoms with Crippen LogP contribution in [-0.4, -0.2) is 43.6 Å². The van der Waals surface area contributed by atoms with E-state index in [1.807, 2.05) is 15.0 Å². The maximum atomic E-state index is 12.1. The van der Waals surface area contributed by atoms with Gasteiger partial charge < -0.3 is 0 Å².